The average Bonchev–Trinajstić information content (AvgIpc) is 2.98. The Kier molecular flexibility index (Phi) is 7.41. The van der Waals surface area contributed by atoms with Crippen LogP contribution in [0.5, 0.6) is 0 Å². The Morgan fingerprint density at radius 3 is 2.68 bits per heavy atom. The van der Waals surface area contributed by atoms with Crippen LogP contribution in [0.15, 0.2) is 23.2 Å². The lowest BCUT2D eigenvalue weighted by Crippen LogP contribution is -2.48. The van der Waals surface area contributed by atoms with Gasteiger partial charge in [0.25, 0.3) is 0 Å². The summed E-state index contributed by atoms with van der Waals surface area (Å²) in [5.41, 5.74) is 1.27. The number of aromatic nitrogens is 1. The van der Waals surface area contributed by atoms with Crippen LogP contribution in [0.3, 0.4) is 0 Å². The fraction of sp³-hybridized carbons (Fsp3) is 0.474. The molecule has 0 aliphatic rings. The summed E-state index contributed by atoms with van der Waals surface area (Å²) in [7, 11) is -2.22. The molecule has 0 aliphatic heterocycles. The number of amides is 1. The maximum absolute atomic E-state index is 13.7. The summed E-state index contributed by atoms with van der Waals surface area (Å²) in [6.45, 7) is 9.47. The zero-order valence-corrected chi connectivity index (χ0v) is 20.1. The molecule has 1 aromatic heterocycles. The van der Waals surface area contributed by atoms with Gasteiger partial charge in [0.2, 0.25) is 0 Å². The summed E-state index contributed by atoms with van der Waals surface area (Å²) in [6.07, 6.45) is -0.117. The van der Waals surface area contributed by atoms with Gasteiger partial charge in [-0.2, -0.15) is 0 Å². The number of thiazole rings is 1. The number of hydrogen-bond acceptors (Lipinski definition) is 4. The van der Waals surface area contributed by atoms with Gasteiger partial charge in [0.15, 0.2) is 8.32 Å². The van der Waals surface area contributed by atoms with E-state index in [2.05, 4.69) is 41.7 Å². The van der Waals surface area contributed by atoms with E-state index in [-0.39, 0.29) is 11.6 Å². The third-order valence-corrected chi connectivity index (χ3v) is 10.7. The second-order valence-corrected chi connectivity index (χ2v) is 14.4. The highest BCUT2D eigenvalue weighted by Gasteiger charge is 2.39. The van der Waals surface area contributed by atoms with Crippen LogP contribution in [-0.2, 0) is 4.43 Å². The highest BCUT2D eigenvalue weighted by atomic mass is 79.9. The predicted octanol–water partition coefficient (Wildman–Crippen LogP) is 6.51. The minimum atomic E-state index is -2.22. The fourth-order valence-corrected chi connectivity index (χ4v) is 5.09. The van der Waals surface area contributed by atoms with Crippen LogP contribution in [-0.4, -0.2) is 43.8 Å². The van der Waals surface area contributed by atoms with Crippen molar-refractivity contribution >= 4 is 63.7 Å². The first-order chi connectivity index (χ1) is 13.0. The second kappa shape index (κ2) is 9.02. The summed E-state index contributed by atoms with van der Waals surface area (Å²) in [5.74, 6) is 0. The van der Waals surface area contributed by atoms with E-state index in [0.29, 0.717) is 5.69 Å². The van der Waals surface area contributed by atoms with Gasteiger partial charge in [0, 0.05) is 5.69 Å². The van der Waals surface area contributed by atoms with Crippen LogP contribution < -0.4 is 4.90 Å². The highest BCUT2D eigenvalue weighted by molar-refractivity contribution is 9.11. The van der Waals surface area contributed by atoms with Gasteiger partial charge >= 0.3 is 6.09 Å². The van der Waals surface area contributed by atoms with Crippen LogP contribution in [0.1, 0.15) is 25.8 Å². The fourth-order valence-electron chi connectivity index (χ4n) is 2.43. The van der Waals surface area contributed by atoms with Crippen molar-refractivity contribution < 1.29 is 18.7 Å². The monoisotopic (exact) mass is 488 g/mol. The molecule has 0 bridgehead atoms. The highest BCUT2D eigenvalue weighted by Crippen LogP contribution is 2.37. The lowest BCUT2D eigenvalue weighted by molar-refractivity contribution is 0.147. The zero-order chi connectivity index (χ0) is 21.1. The van der Waals surface area contributed by atoms with Crippen molar-refractivity contribution in [3.8, 4) is 0 Å². The molecule has 1 atom stereocenters. The number of rotatable bonds is 7. The van der Waals surface area contributed by atoms with Gasteiger partial charge in [-0.1, -0.05) is 36.7 Å². The van der Waals surface area contributed by atoms with E-state index in [0.717, 1.165) is 20.1 Å². The van der Waals surface area contributed by atoms with E-state index >= 15 is 0 Å². The van der Waals surface area contributed by atoms with Crippen molar-refractivity contribution in [2.45, 2.75) is 45.0 Å². The average molecular weight is 489 g/mol. The van der Waals surface area contributed by atoms with Crippen LogP contribution >= 0.6 is 27.3 Å². The first-order valence-electron chi connectivity index (χ1n) is 8.90. The smallest absolute Gasteiger partial charge is 0.411 e. The lowest BCUT2D eigenvalue weighted by atomic mass is 10.2. The second-order valence-electron chi connectivity index (χ2n) is 8.04. The molecule has 0 saturated heterocycles. The zero-order valence-electron chi connectivity index (χ0n) is 16.7. The number of benzene rings is 1. The van der Waals surface area contributed by atoms with Gasteiger partial charge in [-0.05, 0) is 47.4 Å². The van der Waals surface area contributed by atoms with E-state index in [1.807, 2.05) is 19.2 Å². The lowest BCUT2D eigenvalue weighted by Gasteiger charge is -2.39. The number of alkyl halides is 1. The molecular weight excluding hydrogens is 463 g/mol. The van der Waals surface area contributed by atoms with Crippen molar-refractivity contribution in [3.63, 3.8) is 0 Å². The van der Waals surface area contributed by atoms with Gasteiger partial charge in [0.05, 0.1) is 22.9 Å². The van der Waals surface area contributed by atoms with Crippen LogP contribution in [0.2, 0.25) is 18.1 Å². The summed E-state index contributed by atoms with van der Waals surface area (Å²) in [5, 5.41) is 10.4. The quantitative estimate of drug-likeness (QED) is 0.451. The van der Waals surface area contributed by atoms with Gasteiger partial charge in [0.1, 0.15) is 11.7 Å². The van der Waals surface area contributed by atoms with Gasteiger partial charge in [-0.3, -0.25) is 4.90 Å². The Labute approximate surface area is 178 Å². The normalized spacial score (nSPS) is 14.0. The Balaban J connectivity index is 2.29. The molecule has 0 fully saturated rings. The van der Waals surface area contributed by atoms with Crippen LogP contribution in [0.4, 0.5) is 14.9 Å². The molecule has 0 radical (unpaired) electrons. The number of carboxylic acid groups (broad SMARTS) is 1. The van der Waals surface area contributed by atoms with Crippen molar-refractivity contribution in [2.75, 3.05) is 18.1 Å². The summed E-state index contributed by atoms with van der Waals surface area (Å²) < 4.78 is 20.7. The summed E-state index contributed by atoms with van der Waals surface area (Å²) in [6, 6.07) is 5.25. The standard InChI is InChI=1S/C19H26BrFN2O3SSi/c1-19(2,3)28(4,5)26-14(11-21)12-23(18(24)25)13-6-7-15-16(10-13)27-17(22-15)8-9-20/h6-10,14H,11-12H2,1-5H3,(H,24,25)/b9-8+. The summed E-state index contributed by atoms with van der Waals surface area (Å²) >= 11 is 4.68. The Morgan fingerprint density at radius 2 is 2.14 bits per heavy atom. The molecule has 1 N–H and O–H groups in total. The third-order valence-electron chi connectivity index (χ3n) is 4.96. The molecular formula is C19H26BrFN2O3SSi. The van der Waals surface area contributed by atoms with Crippen molar-refractivity contribution in [3.05, 3.63) is 28.2 Å². The van der Waals surface area contributed by atoms with E-state index in [1.54, 1.807) is 23.2 Å². The Bertz CT molecular complexity index is 866. The molecule has 0 aliphatic carbocycles. The SMILES string of the molecule is CC(C)(C)[Si](C)(C)OC(CF)CN(C(=O)O)c1ccc2nc(/C=C/Br)sc2c1. The van der Waals surface area contributed by atoms with Crippen LogP contribution in [0.25, 0.3) is 16.3 Å². The predicted molar refractivity (Wildman–Crippen MR) is 121 cm³/mol. The number of halogens is 2. The minimum absolute atomic E-state index is 0.0587. The van der Waals surface area contributed by atoms with Gasteiger partial charge in [-0.15, -0.1) is 11.3 Å². The minimum Gasteiger partial charge on any atom is -0.465 e. The molecule has 5 nitrogen and oxygen atoms in total. The van der Waals surface area contributed by atoms with E-state index in [1.165, 1.54) is 11.3 Å². The maximum atomic E-state index is 13.7. The molecule has 154 valence electrons. The van der Waals surface area contributed by atoms with Gasteiger partial charge < -0.3 is 9.53 Å². The van der Waals surface area contributed by atoms with E-state index < -0.39 is 27.2 Å². The topological polar surface area (TPSA) is 62.7 Å². The molecule has 1 amide bonds. The molecule has 9 heteroatoms. The van der Waals surface area contributed by atoms with Crippen LogP contribution in [0, 0.1) is 0 Å². The van der Waals surface area contributed by atoms with Crippen molar-refractivity contribution in [1.82, 2.24) is 4.98 Å². The first kappa shape index (κ1) is 23.0. The van der Waals surface area contributed by atoms with E-state index in [4.69, 9.17) is 4.43 Å². The van der Waals surface area contributed by atoms with E-state index in [9.17, 15) is 14.3 Å². The van der Waals surface area contributed by atoms with Gasteiger partial charge in [-0.25, -0.2) is 14.2 Å². The number of fused-ring (bicyclic) bond motifs is 1. The molecule has 2 rings (SSSR count). The Hall–Kier alpha value is -1.29. The maximum Gasteiger partial charge on any atom is 0.411 e. The number of nitrogens with zero attached hydrogens (tertiary/aromatic N) is 2. The molecule has 0 spiro atoms. The number of anilines is 1. The van der Waals surface area contributed by atoms with Crippen molar-refractivity contribution in [2.24, 2.45) is 0 Å². The third kappa shape index (κ3) is 5.40. The van der Waals surface area contributed by atoms with Crippen molar-refractivity contribution in [1.29, 1.82) is 0 Å². The molecule has 0 saturated carbocycles. The molecule has 1 unspecified atom stereocenters. The largest absolute Gasteiger partial charge is 0.465 e. The number of hydrogen-bond donors (Lipinski definition) is 1. The molecule has 28 heavy (non-hydrogen) atoms. The molecule has 2 aromatic rings. The number of carbonyl (C=O) groups is 1. The summed E-state index contributed by atoms with van der Waals surface area (Å²) in [4.78, 5) is 19.2. The molecule has 1 aromatic carbocycles. The Morgan fingerprint density at radius 1 is 1.46 bits per heavy atom. The molecule has 1 heterocycles. The first-order valence-corrected chi connectivity index (χ1v) is 13.5.